The van der Waals surface area contributed by atoms with E-state index in [2.05, 4.69) is 46.4 Å². The van der Waals surface area contributed by atoms with Gasteiger partial charge in [-0.15, -0.1) is 5.10 Å². The first-order chi connectivity index (χ1) is 26.2. The molecule has 15 nitrogen and oxygen atoms in total. The fourth-order valence-corrected chi connectivity index (χ4v) is 5.49. The minimum absolute atomic E-state index is 0.125. The molecule has 1 unspecified atom stereocenters. The number of methoxy groups -OCH3 is 1. The molecule has 272 valence electrons. The summed E-state index contributed by atoms with van der Waals surface area (Å²) in [5.41, 5.74) is 4.56. The summed E-state index contributed by atoms with van der Waals surface area (Å²) in [5.74, 6) is -0.463. The Kier molecular flexibility index (Phi) is 11.8. The third-order valence-corrected chi connectivity index (χ3v) is 8.21. The SMILES string of the molecule is COC(=O)Nc1ccc(-c2cc(C(Cc3ccc(NC(=O)OCc4ccccc4)cc3)NC(=O)/C=C/c3cc(Cl)ccc3-n3cnnn3)n[nH]c2=O)cc1. The van der Waals surface area contributed by atoms with Gasteiger partial charge in [-0.05, 0) is 88.1 Å². The van der Waals surface area contributed by atoms with Crippen molar-refractivity contribution < 1.29 is 23.9 Å². The van der Waals surface area contributed by atoms with Gasteiger partial charge in [0, 0.05) is 28.0 Å². The number of H-pyrrole nitrogens is 1. The molecule has 0 fully saturated rings. The Morgan fingerprint density at radius 2 is 1.61 bits per heavy atom. The van der Waals surface area contributed by atoms with Gasteiger partial charge in [0.15, 0.2) is 0 Å². The van der Waals surface area contributed by atoms with Crippen LogP contribution in [0.4, 0.5) is 21.0 Å². The van der Waals surface area contributed by atoms with Gasteiger partial charge in [-0.2, -0.15) is 9.78 Å². The lowest BCUT2D eigenvalue weighted by atomic mass is 9.99. The van der Waals surface area contributed by atoms with Crippen LogP contribution in [0.1, 0.15) is 28.4 Å². The average Bonchev–Trinajstić information content (AvgIpc) is 3.73. The van der Waals surface area contributed by atoms with Gasteiger partial charge < -0.3 is 14.8 Å². The largest absolute Gasteiger partial charge is 0.453 e. The summed E-state index contributed by atoms with van der Waals surface area (Å²) in [7, 11) is 1.26. The zero-order chi connectivity index (χ0) is 37.9. The smallest absolute Gasteiger partial charge is 0.411 e. The molecule has 1 atom stereocenters. The molecule has 0 radical (unpaired) electrons. The van der Waals surface area contributed by atoms with Crippen LogP contribution < -0.4 is 21.5 Å². The average molecular weight is 746 g/mol. The van der Waals surface area contributed by atoms with Crippen molar-refractivity contribution in [1.82, 2.24) is 35.7 Å². The molecule has 0 aliphatic carbocycles. The van der Waals surface area contributed by atoms with Crippen LogP contribution in [-0.2, 0) is 27.3 Å². The van der Waals surface area contributed by atoms with E-state index in [1.165, 1.54) is 24.2 Å². The van der Waals surface area contributed by atoms with E-state index in [-0.39, 0.29) is 18.6 Å². The number of aromatic nitrogens is 6. The Balaban J connectivity index is 1.23. The molecule has 6 aromatic rings. The fraction of sp³-hybridized carbons (Fsp3) is 0.105. The number of aromatic amines is 1. The number of nitrogens with one attached hydrogen (secondary N) is 4. The maximum absolute atomic E-state index is 13.5. The second kappa shape index (κ2) is 17.4. The molecule has 4 N–H and O–H groups in total. The third-order valence-electron chi connectivity index (χ3n) is 7.98. The highest BCUT2D eigenvalue weighted by Crippen LogP contribution is 2.24. The van der Waals surface area contributed by atoms with Crippen LogP contribution in [0.15, 0.2) is 120 Å². The number of halogens is 1. The van der Waals surface area contributed by atoms with Gasteiger partial charge in [0.05, 0.1) is 30.1 Å². The molecule has 54 heavy (non-hydrogen) atoms. The lowest BCUT2D eigenvalue weighted by Gasteiger charge is -2.18. The minimum atomic E-state index is -0.731. The van der Waals surface area contributed by atoms with Crippen LogP contribution in [0.25, 0.3) is 22.9 Å². The molecule has 0 spiro atoms. The van der Waals surface area contributed by atoms with Gasteiger partial charge >= 0.3 is 12.2 Å². The Bertz CT molecular complexity index is 2320. The van der Waals surface area contributed by atoms with Crippen LogP contribution in [0.2, 0.25) is 5.02 Å². The molecular formula is C38H32ClN9O6. The summed E-state index contributed by atoms with van der Waals surface area (Å²) in [5, 5.41) is 26.8. The van der Waals surface area contributed by atoms with Crippen molar-refractivity contribution in [3.8, 4) is 16.8 Å². The maximum atomic E-state index is 13.5. The number of hydrogen-bond donors (Lipinski definition) is 4. The third kappa shape index (κ3) is 9.80. The van der Waals surface area contributed by atoms with Crippen molar-refractivity contribution in [2.75, 3.05) is 17.7 Å². The lowest BCUT2D eigenvalue weighted by molar-refractivity contribution is -0.117. The number of anilines is 2. The Labute approximate surface area is 313 Å². The summed E-state index contributed by atoms with van der Waals surface area (Å²) in [6.07, 6.45) is 3.38. The number of rotatable bonds is 12. The van der Waals surface area contributed by atoms with Crippen LogP contribution in [0.3, 0.4) is 0 Å². The molecule has 3 amide bonds. The molecular weight excluding hydrogens is 714 g/mol. The quantitative estimate of drug-likeness (QED) is 0.106. The first-order valence-electron chi connectivity index (χ1n) is 16.4. The second-order valence-electron chi connectivity index (χ2n) is 11.7. The van der Waals surface area contributed by atoms with E-state index in [1.807, 2.05) is 30.3 Å². The van der Waals surface area contributed by atoms with Crippen LogP contribution in [0, 0.1) is 0 Å². The van der Waals surface area contributed by atoms with Gasteiger partial charge in [-0.1, -0.05) is 66.2 Å². The van der Waals surface area contributed by atoms with Crippen LogP contribution >= 0.6 is 11.6 Å². The first-order valence-corrected chi connectivity index (χ1v) is 16.7. The number of benzene rings is 4. The van der Waals surface area contributed by atoms with Crippen LogP contribution in [-0.4, -0.2) is 55.6 Å². The zero-order valence-electron chi connectivity index (χ0n) is 28.6. The van der Waals surface area contributed by atoms with Crippen molar-refractivity contribution in [2.24, 2.45) is 0 Å². The van der Waals surface area contributed by atoms with Crippen molar-refractivity contribution in [3.05, 3.63) is 153 Å². The Morgan fingerprint density at radius 1 is 0.889 bits per heavy atom. The number of nitrogens with zero attached hydrogens (tertiary/aromatic N) is 5. The highest BCUT2D eigenvalue weighted by atomic mass is 35.5. The summed E-state index contributed by atoms with van der Waals surface area (Å²) in [6, 6.07) is 28.9. The second-order valence-corrected chi connectivity index (χ2v) is 12.1. The molecule has 0 saturated heterocycles. The zero-order valence-corrected chi connectivity index (χ0v) is 29.4. The number of hydrogen-bond acceptors (Lipinski definition) is 10. The number of carbonyl (C=O) groups excluding carboxylic acids is 3. The minimum Gasteiger partial charge on any atom is -0.453 e. The van der Waals surface area contributed by atoms with Gasteiger partial charge in [0.1, 0.15) is 12.9 Å². The first kappa shape index (κ1) is 36.7. The Morgan fingerprint density at radius 3 is 2.31 bits per heavy atom. The van der Waals surface area contributed by atoms with Gasteiger partial charge in [-0.25, -0.2) is 14.7 Å². The van der Waals surface area contributed by atoms with E-state index in [4.69, 9.17) is 16.3 Å². The molecule has 2 heterocycles. The fourth-order valence-electron chi connectivity index (χ4n) is 5.31. The maximum Gasteiger partial charge on any atom is 0.411 e. The van der Waals surface area contributed by atoms with Crippen molar-refractivity contribution in [3.63, 3.8) is 0 Å². The number of amides is 3. The van der Waals surface area contributed by atoms with E-state index in [0.29, 0.717) is 38.9 Å². The normalized spacial score (nSPS) is 11.4. The van der Waals surface area contributed by atoms with E-state index in [9.17, 15) is 19.2 Å². The van der Waals surface area contributed by atoms with Gasteiger partial charge in [0.25, 0.3) is 5.56 Å². The van der Waals surface area contributed by atoms with Crippen molar-refractivity contribution in [1.29, 1.82) is 0 Å². The summed E-state index contributed by atoms with van der Waals surface area (Å²) < 4.78 is 11.4. The number of carbonyl (C=O) groups is 3. The highest BCUT2D eigenvalue weighted by molar-refractivity contribution is 6.30. The molecule has 0 bridgehead atoms. The predicted molar refractivity (Wildman–Crippen MR) is 201 cm³/mol. The standard InChI is InChI=1S/C38H32ClN9O6/c1-53-37(51)41-30-15-9-26(10-16-30)31-21-33(44-45-36(31)50)32(43-35(49)18-11-27-20-28(39)12-17-34(27)48-23-40-46-47-48)19-24-7-13-29(14-8-24)42-38(52)54-22-25-5-3-2-4-6-25/h2-18,20-21,23,32H,19,22H2,1H3,(H,41,51)(H,42,52)(H,43,49)(H,45,50)/b18-11+. The molecule has 16 heteroatoms. The van der Waals surface area contributed by atoms with E-state index < -0.39 is 29.7 Å². The molecule has 2 aromatic heterocycles. The van der Waals surface area contributed by atoms with Gasteiger partial charge in [-0.3, -0.25) is 20.2 Å². The molecule has 0 aliphatic heterocycles. The molecule has 4 aromatic carbocycles. The molecule has 0 saturated carbocycles. The molecule has 6 rings (SSSR count). The van der Waals surface area contributed by atoms with E-state index in [0.717, 1.165) is 11.1 Å². The van der Waals surface area contributed by atoms with Crippen molar-refractivity contribution >= 4 is 47.1 Å². The highest BCUT2D eigenvalue weighted by Gasteiger charge is 2.19. The lowest BCUT2D eigenvalue weighted by Crippen LogP contribution is -2.30. The summed E-state index contributed by atoms with van der Waals surface area (Å²) in [6.45, 7) is 0.125. The van der Waals surface area contributed by atoms with E-state index in [1.54, 1.807) is 78.9 Å². The summed E-state index contributed by atoms with van der Waals surface area (Å²) >= 11 is 6.26. The summed E-state index contributed by atoms with van der Waals surface area (Å²) in [4.78, 5) is 50.5. The Hall–Kier alpha value is -7.13. The molecule has 0 aliphatic rings. The monoisotopic (exact) mass is 745 g/mol. The van der Waals surface area contributed by atoms with Crippen LogP contribution in [0.5, 0.6) is 0 Å². The van der Waals surface area contributed by atoms with Gasteiger partial charge in [0.2, 0.25) is 5.91 Å². The number of tetrazole rings is 1. The predicted octanol–water partition coefficient (Wildman–Crippen LogP) is 6.11. The number of ether oxygens (including phenoxy) is 2. The van der Waals surface area contributed by atoms with Crippen molar-refractivity contribution in [2.45, 2.75) is 19.1 Å². The topological polar surface area (TPSA) is 195 Å². The van der Waals surface area contributed by atoms with E-state index >= 15 is 0 Å².